The van der Waals surface area contributed by atoms with E-state index in [0.717, 1.165) is 6.07 Å². The molecule has 124 valence electrons. The number of nitro groups is 1. The average molecular weight is 322 g/mol. The number of hydrazine groups is 1. The monoisotopic (exact) mass is 322 g/mol. The summed E-state index contributed by atoms with van der Waals surface area (Å²) in [6, 6.07) is 5.62. The number of benzene rings is 1. The van der Waals surface area contributed by atoms with E-state index in [1.807, 2.05) is 0 Å². The number of anilines is 1. The number of nitrogens with zero attached hydrogens (tertiary/aromatic N) is 3. The number of rotatable bonds is 6. The van der Waals surface area contributed by atoms with Crippen LogP contribution in [0.25, 0.3) is 0 Å². The smallest absolute Gasteiger partial charge is 0.295 e. The number of nitrogens with one attached hydrogen (secondary N) is 2. The molecule has 1 aliphatic rings. The van der Waals surface area contributed by atoms with Crippen LogP contribution in [0.2, 0.25) is 0 Å². The van der Waals surface area contributed by atoms with E-state index in [4.69, 9.17) is 11.0 Å². The second-order valence-electron chi connectivity index (χ2n) is 5.53. The third-order valence-electron chi connectivity index (χ3n) is 3.96. The first kappa shape index (κ1) is 17.1. The van der Waals surface area contributed by atoms with Crippen LogP contribution in [0.4, 0.5) is 15.8 Å². The maximum Gasteiger partial charge on any atom is 0.295 e. The van der Waals surface area contributed by atoms with Crippen molar-refractivity contribution in [2.45, 2.75) is 25.0 Å². The van der Waals surface area contributed by atoms with E-state index in [9.17, 15) is 14.5 Å². The van der Waals surface area contributed by atoms with Crippen molar-refractivity contribution in [3.63, 3.8) is 0 Å². The Bertz CT molecular complexity index is 620. The van der Waals surface area contributed by atoms with E-state index >= 15 is 0 Å². The van der Waals surface area contributed by atoms with Gasteiger partial charge in [-0.3, -0.25) is 15.5 Å². The zero-order chi connectivity index (χ0) is 17.0. The highest BCUT2D eigenvalue weighted by molar-refractivity contribution is 5.62. The van der Waals surface area contributed by atoms with Crippen molar-refractivity contribution in [1.82, 2.24) is 10.9 Å². The molecule has 1 aromatic carbocycles. The van der Waals surface area contributed by atoms with Gasteiger partial charge in [-0.05, 0) is 25.0 Å². The van der Waals surface area contributed by atoms with Crippen LogP contribution >= 0.6 is 0 Å². The van der Waals surface area contributed by atoms with E-state index in [1.54, 1.807) is 11.9 Å². The Morgan fingerprint density at radius 3 is 2.91 bits per heavy atom. The summed E-state index contributed by atoms with van der Waals surface area (Å²) in [6.45, 7) is 0.540. The third-order valence-corrected chi connectivity index (χ3v) is 3.96. The molecule has 3 atom stereocenters. The zero-order valence-electron chi connectivity index (χ0n) is 12.7. The Morgan fingerprint density at radius 1 is 1.52 bits per heavy atom. The Morgan fingerprint density at radius 2 is 2.26 bits per heavy atom. The van der Waals surface area contributed by atoms with Crippen LogP contribution < -0.4 is 21.5 Å². The second-order valence-corrected chi connectivity index (χ2v) is 5.53. The van der Waals surface area contributed by atoms with Crippen LogP contribution in [0.15, 0.2) is 18.2 Å². The van der Waals surface area contributed by atoms with Gasteiger partial charge < -0.3 is 10.6 Å². The van der Waals surface area contributed by atoms with E-state index in [0.29, 0.717) is 25.1 Å². The summed E-state index contributed by atoms with van der Waals surface area (Å²) in [5, 5.41) is 20.1. The van der Waals surface area contributed by atoms with Crippen LogP contribution in [0.1, 0.15) is 12.8 Å². The van der Waals surface area contributed by atoms with Gasteiger partial charge >= 0.3 is 0 Å². The molecule has 1 fully saturated rings. The molecule has 0 aromatic heterocycles. The molecular formula is C14H19FN6O2. The van der Waals surface area contributed by atoms with Crippen molar-refractivity contribution >= 4 is 11.4 Å². The van der Waals surface area contributed by atoms with E-state index in [2.05, 4.69) is 16.9 Å². The van der Waals surface area contributed by atoms with Gasteiger partial charge in [0.2, 0.25) is 0 Å². The van der Waals surface area contributed by atoms with E-state index < -0.39 is 16.9 Å². The fourth-order valence-corrected chi connectivity index (χ4v) is 2.69. The summed E-state index contributed by atoms with van der Waals surface area (Å²) in [5.74, 6) is -0.957. The summed E-state index contributed by atoms with van der Waals surface area (Å²) >= 11 is 0. The quantitative estimate of drug-likeness (QED) is 0.524. The summed E-state index contributed by atoms with van der Waals surface area (Å²) in [6.07, 6.45) is 0.994. The van der Waals surface area contributed by atoms with Gasteiger partial charge in [-0.1, -0.05) is 0 Å². The molecule has 3 unspecified atom stereocenters. The van der Waals surface area contributed by atoms with Crippen molar-refractivity contribution in [3.8, 4) is 6.07 Å². The second kappa shape index (κ2) is 7.32. The molecule has 0 saturated carbocycles. The first-order chi connectivity index (χ1) is 10.9. The predicted octanol–water partition coefficient (Wildman–Crippen LogP) is 0.851. The normalized spacial score (nSPS) is 23.5. The van der Waals surface area contributed by atoms with Crippen LogP contribution in [0.5, 0.6) is 0 Å². The summed E-state index contributed by atoms with van der Waals surface area (Å²) < 4.78 is 13.2. The van der Waals surface area contributed by atoms with Gasteiger partial charge in [0.25, 0.3) is 5.69 Å². The Labute approximate surface area is 133 Å². The molecule has 1 saturated heterocycles. The predicted molar refractivity (Wildman–Crippen MR) is 82.7 cm³/mol. The first-order valence-electron chi connectivity index (χ1n) is 7.25. The number of hydrogen-bond acceptors (Lipinski definition) is 7. The standard InChI is InChI=1S/C14H19FN6O2/c1-20(12-5-4-9(15)7-13(12)21(22)23)6-2-3-11-10(8-16)14(17)19-18-11/h4-5,7,10-11,14,18-19H,2-3,6,17H2,1H3. The lowest BCUT2D eigenvalue weighted by atomic mass is 9.97. The minimum Gasteiger partial charge on any atom is -0.369 e. The fourth-order valence-electron chi connectivity index (χ4n) is 2.69. The molecule has 0 aliphatic carbocycles. The molecule has 0 amide bonds. The number of nitrogens with two attached hydrogens (primary N) is 1. The lowest BCUT2D eigenvalue weighted by molar-refractivity contribution is -0.384. The van der Waals surface area contributed by atoms with Gasteiger partial charge in [-0.15, -0.1) is 0 Å². The average Bonchev–Trinajstić information content (AvgIpc) is 2.87. The lowest BCUT2D eigenvalue weighted by Crippen LogP contribution is -2.38. The molecule has 4 N–H and O–H groups in total. The molecule has 8 nitrogen and oxygen atoms in total. The molecule has 0 bridgehead atoms. The first-order valence-corrected chi connectivity index (χ1v) is 7.25. The van der Waals surface area contributed by atoms with Crippen LogP contribution in [-0.2, 0) is 0 Å². The van der Waals surface area contributed by atoms with Crippen molar-refractivity contribution < 1.29 is 9.31 Å². The molecule has 1 aliphatic heterocycles. The van der Waals surface area contributed by atoms with Crippen LogP contribution in [0, 0.1) is 33.2 Å². The van der Waals surface area contributed by atoms with Crippen molar-refractivity contribution in [2.24, 2.45) is 11.7 Å². The third kappa shape index (κ3) is 3.92. The lowest BCUT2D eigenvalue weighted by Gasteiger charge is -2.20. The highest BCUT2D eigenvalue weighted by atomic mass is 19.1. The maximum atomic E-state index is 13.2. The van der Waals surface area contributed by atoms with E-state index in [-0.39, 0.29) is 17.6 Å². The van der Waals surface area contributed by atoms with Crippen molar-refractivity contribution in [1.29, 1.82) is 5.26 Å². The summed E-state index contributed by atoms with van der Waals surface area (Å²) in [5.41, 5.74) is 11.7. The van der Waals surface area contributed by atoms with Gasteiger partial charge in [0.05, 0.1) is 29.1 Å². The summed E-state index contributed by atoms with van der Waals surface area (Å²) in [7, 11) is 1.72. The SMILES string of the molecule is CN(CCCC1NNC(N)C1C#N)c1ccc(F)cc1[N+](=O)[O-]. The van der Waals surface area contributed by atoms with Gasteiger partial charge in [-0.2, -0.15) is 5.26 Å². The largest absolute Gasteiger partial charge is 0.369 e. The molecule has 0 spiro atoms. The minimum atomic E-state index is -0.638. The Hall–Kier alpha value is -2.28. The molecule has 9 heteroatoms. The van der Waals surface area contributed by atoms with E-state index in [1.165, 1.54) is 12.1 Å². The molecular weight excluding hydrogens is 303 g/mol. The summed E-state index contributed by atoms with van der Waals surface area (Å²) in [4.78, 5) is 12.1. The minimum absolute atomic E-state index is 0.0633. The topological polar surface area (TPSA) is 120 Å². The molecule has 0 radical (unpaired) electrons. The van der Waals surface area contributed by atoms with Gasteiger partial charge in [0.1, 0.15) is 11.5 Å². The Kier molecular flexibility index (Phi) is 5.44. The number of nitro benzene ring substituents is 1. The molecule has 23 heavy (non-hydrogen) atoms. The van der Waals surface area contributed by atoms with Gasteiger partial charge in [0, 0.05) is 19.6 Å². The molecule has 2 rings (SSSR count). The number of hydrogen-bond donors (Lipinski definition) is 3. The van der Waals surface area contributed by atoms with Crippen molar-refractivity contribution in [2.75, 3.05) is 18.5 Å². The maximum absolute atomic E-state index is 13.2. The van der Waals surface area contributed by atoms with Gasteiger partial charge in [0.15, 0.2) is 0 Å². The Balaban J connectivity index is 1.94. The highest BCUT2D eigenvalue weighted by Gasteiger charge is 2.33. The fraction of sp³-hybridized carbons (Fsp3) is 0.500. The molecule has 1 aromatic rings. The van der Waals surface area contributed by atoms with Crippen LogP contribution in [0.3, 0.4) is 0 Å². The zero-order valence-corrected chi connectivity index (χ0v) is 12.7. The van der Waals surface area contributed by atoms with Crippen molar-refractivity contribution in [3.05, 3.63) is 34.1 Å². The molecule has 1 heterocycles. The number of nitriles is 1. The number of halogens is 1. The van der Waals surface area contributed by atoms with Crippen LogP contribution in [-0.4, -0.2) is 30.7 Å². The highest BCUT2D eigenvalue weighted by Crippen LogP contribution is 2.28. The van der Waals surface area contributed by atoms with Gasteiger partial charge in [-0.25, -0.2) is 9.82 Å².